The lowest BCUT2D eigenvalue weighted by Gasteiger charge is -2.09. The van der Waals surface area contributed by atoms with Crippen LogP contribution in [0.25, 0.3) is 0 Å². The molecule has 1 atom stereocenters. The van der Waals surface area contributed by atoms with E-state index < -0.39 is 0 Å². The Kier molecular flexibility index (Phi) is 7.24. The summed E-state index contributed by atoms with van der Waals surface area (Å²) >= 11 is 0. The summed E-state index contributed by atoms with van der Waals surface area (Å²) in [4.78, 5) is 21.7. The molecule has 1 unspecified atom stereocenters. The average molecular weight is 209 g/mol. The second-order valence-electron chi connectivity index (χ2n) is 3.59. The molecule has 0 aromatic heterocycles. The zero-order chi connectivity index (χ0) is 11.7. The molecule has 3 nitrogen and oxygen atoms in total. The molecule has 0 spiro atoms. The number of allylic oxidation sites excluding steroid dienone is 3. The third-order valence-corrected chi connectivity index (χ3v) is 2.01. The maximum Gasteiger partial charge on any atom is 0.246 e. The number of hydrogen-bond acceptors (Lipinski definition) is 2. The van der Waals surface area contributed by atoms with E-state index in [0.29, 0.717) is 18.5 Å². The topological polar surface area (TPSA) is 46.2 Å². The number of nitrogens with one attached hydrogen (secondary N) is 1. The van der Waals surface area contributed by atoms with Crippen molar-refractivity contribution in [3.8, 4) is 0 Å². The SMILES string of the molecule is C/C=C\C=C(/C)C(=O)NCC(C)CC=O. The highest BCUT2D eigenvalue weighted by molar-refractivity contribution is 5.93. The maximum atomic E-state index is 11.5. The van der Waals surface area contributed by atoms with Gasteiger partial charge in [0.05, 0.1) is 0 Å². The zero-order valence-corrected chi connectivity index (χ0v) is 9.62. The highest BCUT2D eigenvalue weighted by Gasteiger charge is 2.05. The smallest absolute Gasteiger partial charge is 0.246 e. The Hall–Kier alpha value is -1.38. The zero-order valence-electron chi connectivity index (χ0n) is 9.62. The molecule has 0 aromatic carbocycles. The molecule has 0 saturated carbocycles. The molecule has 0 saturated heterocycles. The Bertz CT molecular complexity index is 267. The minimum atomic E-state index is -0.0779. The van der Waals surface area contributed by atoms with Gasteiger partial charge in [-0.3, -0.25) is 4.79 Å². The van der Waals surface area contributed by atoms with Gasteiger partial charge in [-0.2, -0.15) is 0 Å². The van der Waals surface area contributed by atoms with Crippen LogP contribution in [-0.4, -0.2) is 18.7 Å². The summed E-state index contributed by atoms with van der Waals surface area (Å²) in [6.45, 7) is 6.13. The molecule has 1 N–H and O–H groups in total. The number of rotatable bonds is 6. The van der Waals surface area contributed by atoms with Crippen molar-refractivity contribution in [1.82, 2.24) is 5.32 Å². The van der Waals surface area contributed by atoms with Crippen molar-refractivity contribution >= 4 is 12.2 Å². The van der Waals surface area contributed by atoms with Gasteiger partial charge in [0.1, 0.15) is 6.29 Å². The van der Waals surface area contributed by atoms with Crippen LogP contribution in [0.4, 0.5) is 0 Å². The molecular formula is C12H19NO2. The predicted molar refractivity (Wildman–Crippen MR) is 61.4 cm³/mol. The molecule has 0 radical (unpaired) electrons. The summed E-state index contributed by atoms with van der Waals surface area (Å²) in [6, 6.07) is 0. The maximum absolute atomic E-state index is 11.5. The summed E-state index contributed by atoms with van der Waals surface area (Å²) < 4.78 is 0. The molecule has 84 valence electrons. The molecule has 0 rings (SSSR count). The van der Waals surface area contributed by atoms with Gasteiger partial charge < -0.3 is 10.1 Å². The van der Waals surface area contributed by atoms with Crippen LogP contribution >= 0.6 is 0 Å². The Morgan fingerprint density at radius 2 is 2.13 bits per heavy atom. The fourth-order valence-electron chi connectivity index (χ4n) is 0.970. The quantitative estimate of drug-likeness (QED) is 0.412. The Labute approximate surface area is 91.2 Å². The van der Waals surface area contributed by atoms with E-state index in [4.69, 9.17) is 0 Å². The number of amides is 1. The van der Waals surface area contributed by atoms with Crippen molar-refractivity contribution in [3.05, 3.63) is 23.8 Å². The number of aldehydes is 1. The Morgan fingerprint density at radius 3 is 2.67 bits per heavy atom. The van der Waals surface area contributed by atoms with Gasteiger partial charge in [-0.05, 0) is 19.8 Å². The first-order chi connectivity index (χ1) is 7.11. The van der Waals surface area contributed by atoms with Crippen LogP contribution < -0.4 is 5.32 Å². The molecule has 0 aromatic rings. The van der Waals surface area contributed by atoms with Gasteiger partial charge in [0, 0.05) is 18.5 Å². The third-order valence-electron chi connectivity index (χ3n) is 2.01. The van der Waals surface area contributed by atoms with Crippen molar-refractivity contribution in [2.75, 3.05) is 6.54 Å². The fraction of sp³-hybridized carbons (Fsp3) is 0.500. The van der Waals surface area contributed by atoms with E-state index in [9.17, 15) is 9.59 Å². The summed E-state index contributed by atoms with van der Waals surface area (Å²) in [5.74, 6) is 0.117. The van der Waals surface area contributed by atoms with Crippen LogP contribution in [-0.2, 0) is 9.59 Å². The summed E-state index contributed by atoms with van der Waals surface area (Å²) in [6.07, 6.45) is 6.81. The Morgan fingerprint density at radius 1 is 1.47 bits per heavy atom. The van der Waals surface area contributed by atoms with Gasteiger partial charge in [-0.1, -0.05) is 25.2 Å². The summed E-state index contributed by atoms with van der Waals surface area (Å²) in [5, 5.41) is 2.78. The lowest BCUT2D eigenvalue weighted by atomic mass is 10.1. The van der Waals surface area contributed by atoms with Gasteiger partial charge in [-0.25, -0.2) is 0 Å². The number of carbonyl (C=O) groups is 2. The van der Waals surface area contributed by atoms with Crippen molar-refractivity contribution in [1.29, 1.82) is 0 Å². The average Bonchev–Trinajstić information content (AvgIpc) is 2.22. The first-order valence-electron chi connectivity index (χ1n) is 5.13. The van der Waals surface area contributed by atoms with Crippen molar-refractivity contribution in [2.24, 2.45) is 5.92 Å². The highest BCUT2D eigenvalue weighted by Crippen LogP contribution is 1.98. The first-order valence-corrected chi connectivity index (χ1v) is 5.13. The first kappa shape index (κ1) is 13.6. The molecule has 0 fully saturated rings. The van der Waals surface area contributed by atoms with Gasteiger partial charge >= 0.3 is 0 Å². The number of hydrogen-bond donors (Lipinski definition) is 1. The van der Waals surface area contributed by atoms with E-state index in [2.05, 4.69) is 5.32 Å². The van der Waals surface area contributed by atoms with Gasteiger partial charge in [0.2, 0.25) is 5.91 Å². The van der Waals surface area contributed by atoms with Gasteiger partial charge in [0.25, 0.3) is 0 Å². The van der Waals surface area contributed by atoms with Crippen LogP contribution in [0.3, 0.4) is 0 Å². The molecule has 1 amide bonds. The monoisotopic (exact) mass is 209 g/mol. The van der Waals surface area contributed by atoms with E-state index in [0.717, 1.165) is 6.29 Å². The van der Waals surface area contributed by atoms with Gasteiger partial charge in [0.15, 0.2) is 0 Å². The van der Waals surface area contributed by atoms with Crippen molar-refractivity contribution in [3.63, 3.8) is 0 Å². The lowest BCUT2D eigenvalue weighted by Crippen LogP contribution is -2.28. The molecule has 0 bridgehead atoms. The summed E-state index contributed by atoms with van der Waals surface area (Å²) in [7, 11) is 0. The third kappa shape index (κ3) is 6.66. The van der Waals surface area contributed by atoms with E-state index in [1.54, 1.807) is 13.0 Å². The lowest BCUT2D eigenvalue weighted by molar-refractivity contribution is -0.118. The fourth-order valence-corrected chi connectivity index (χ4v) is 0.970. The van der Waals surface area contributed by atoms with Crippen LogP contribution in [0.15, 0.2) is 23.8 Å². The standard InChI is InChI=1S/C12H19NO2/c1-4-5-6-11(3)12(15)13-9-10(2)7-8-14/h4-6,8,10H,7,9H2,1-3H3,(H,13,15)/b5-4-,11-6+. The van der Waals surface area contributed by atoms with Crippen LogP contribution in [0.5, 0.6) is 0 Å². The molecule has 0 aliphatic rings. The van der Waals surface area contributed by atoms with Crippen LogP contribution in [0.2, 0.25) is 0 Å². The minimum Gasteiger partial charge on any atom is -0.352 e. The van der Waals surface area contributed by atoms with E-state index >= 15 is 0 Å². The van der Waals surface area contributed by atoms with Crippen LogP contribution in [0.1, 0.15) is 27.2 Å². The van der Waals surface area contributed by atoms with E-state index in [-0.39, 0.29) is 11.8 Å². The predicted octanol–water partition coefficient (Wildman–Crippen LogP) is 1.85. The molecule has 3 heteroatoms. The largest absolute Gasteiger partial charge is 0.352 e. The molecule has 0 aliphatic carbocycles. The van der Waals surface area contributed by atoms with E-state index in [1.165, 1.54) is 0 Å². The molecule has 0 aliphatic heterocycles. The second-order valence-corrected chi connectivity index (χ2v) is 3.59. The van der Waals surface area contributed by atoms with Crippen molar-refractivity contribution < 1.29 is 9.59 Å². The minimum absolute atomic E-state index is 0.0779. The van der Waals surface area contributed by atoms with E-state index in [1.807, 2.05) is 26.0 Å². The van der Waals surface area contributed by atoms with Crippen molar-refractivity contribution in [2.45, 2.75) is 27.2 Å². The second kappa shape index (κ2) is 7.97. The summed E-state index contributed by atoms with van der Waals surface area (Å²) in [5.41, 5.74) is 0.673. The number of carbonyl (C=O) groups excluding carboxylic acids is 2. The molecular weight excluding hydrogens is 190 g/mol. The molecule has 15 heavy (non-hydrogen) atoms. The highest BCUT2D eigenvalue weighted by atomic mass is 16.1. The molecule has 0 heterocycles. The van der Waals surface area contributed by atoms with Gasteiger partial charge in [-0.15, -0.1) is 0 Å². The van der Waals surface area contributed by atoms with Crippen LogP contribution in [0, 0.1) is 5.92 Å². The Balaban J connectivity index is 3.98. The normalized spacial score (nSPS) is 13.9.